The molecule has 3 aromatic rings. The summed E-state index contributed by atoms with van der Waals surface area (Å²) in [4.78, 5) is 5.42. The van der Waals surface area contributed by atoms with Crippen LogP contribution in [0.4, 0.5) is 0 Å². The SMILES string of the molecule is CCN=c1scc(-c2ccc(Br)cc2)n1/N=C\c1ccc2c(c1)OCO2. The molecule has 0 N–H and O–H groups in total. The molecular weight excluding hydrogens is 414 g/mol. The summed E-state index contributed by atoms with van der Waals surface area (Å²) < 4.78 is 13.7. The van der Waals surface area contributed by atoms with Crippen LogP contribution in [0.25, 0.3) is 11.3 Å². The second kappa shape index (κ2) is 7.47. The summed E-state index contributed by atoms with van der Waals surface area (Å²) in [5.74, 6) is 1.51. The molecule has 0 unspecified atom stereocenters. The van der Waals surface area contributed by atoms with E-state index in [-0.39, 0.29) is 6.79 Å². The van der Waals surface area contributed by atoms with Gasteiger partial charge < -0.3 is 9.47 Å². The van der Waals surface area contributed by atoms with Gasteiger partial charge in [-0.2, -0.15) is 5.10 Å². The predicted octanol–water partition coefficient (Wildman–Crippen LogP) is 4.51. The summed E-state index contributed by atoms with van der Waals surface area (Å²) >= 11 is 5.06. The topological polar surface area (TPSA) is 48.1 Å². The Morgan fingerprint density at radius 1 is 1.15 bits per heavy atom. The molecule has 2 aromatic carbocycles. The molecule has 0 amide bonds. The Balaban J connectivity index is 1.73. The van der Waals surface area contributed by atoms with Crippen molar-refractivity contribution in [2.45, 2.75) is 6.92 Å². The lowest BCUT2D eigenvalue weighted by Gasteiger charge is -2.04. The lowest BCUT2D eigenvalue weighted by molar-refractivity contribution is 0.174. The summed E-state index contributed by atoms with van der Waals surface area (Å²) in [6.07, 6.45) is 1.81. The van der Waals surface area contributed by atoms with Gasteiger partial charge >= 0.3 is 0 Å². The lowest BCUT2D eigenvalue weighted by Crippen LogP contribution is -2.12. The number of ether oxygens (including phenoxy) is 2. The standard InChI is InChI=1S/C19H16BrN3O2S/c1-2-21-19-23(16(11-26-19)14-4-6-15(20)7-5-14)22-10-13-3-8-17-18(9-13)25-12-24-17/h3-11H,2,12H2,1H3/b21-19?,22-10-. The van der Waals surface area contributed by atoms with E-state index < -0.39 is 0 Å². The van der Waals surface area contributed by atoms with Crippen molar-refractivity contribution in [2.24, 2.45) is 10.1 Å². The summed E-state index contributed by atoms with van der Waals surface area (Å²) in [5, 5.41) is 6.76. The number of rotatable bonds is 4. The molecular formula is C19H16BrN3O2S. The van der Waals surface area contributed by atoms with Crippen LogP contribution >= 0.6 is 27.3 Å². The molecule has 0 radical (unpaired) electrons. The first kappa shape index (κ1) is 17.1. The van der Waals surface area contributed by atoms with E-state index in [1.165, 1.54) is 0 Å². The van der Waals surface area contributed by atoms with Crippen LogP contribution in [-0.4, -0.2) is 24.2 Å². The van der Waals surface area contributed by atoms with E-state index >= 15 is 0 Å². The monoisotopic (exact) mass is 429 g/mol. The van der Waals surface area contributed by atoms with Crippen LogP contribution in [-0.2, 0) is 0 Å². The van der Waals surface area contributed by atoms with Gasteiger partial charge in [0.05, 0.1) is 11.9 Å². The van der Waals surface area contributed by atoms with Gasteiger partial charge in [-0.3, -0.25) is 4.99 Å². The Morgan fingerprint density at radius 3 is 2.77 bits per heavy atom. The zero-order valence-corrected chi connectivity index (χ0v) is 16.5. The third-order valence-corrected chi connectivity index (χ3v) is 5.22. The highest BCUT2D eigenvalue weighted by molar-refractivity contribution is 9.10. The van der Waals surface area contributed by atoms with Gasteiger partial charge in [-0.15, -0.1) is 11.3 Å². The molecule has 5 nitrogen and oxygen atoms in total. The van der Waals surface area contributed by atoms with Crippen LogP contribution in [0.5, 0.6) is 11.5 Å². The van der Waals surface area contributed by atoms with E-state index in [1.54, 1.807) is 11.3 Å². The van der Waals surface area contributed by atoms with Gasteiger partial charge in [0.15, 0.2) is 11.5 Å². The van der Waals surface area contributed by atoms with Gasteiger partial charge in [0.25, 0.3) is 0 Å². The van der Waals surface area contributed by atoms with Gasteiger partial charge in [0.1, 0.15) is 0 Å². The lowest BCUT2D eigenvalue weighted by atomic mass is 10.2. The van der Waals surface area contributed by atoms with Crippen LogP contribution in [0.2, 0.25) is 0 Å². The quantitative estimate of drug-likeness (QED) is 0.572. The van der Waals surface area contributed by atoms with E-state index in [1.807, 2.05) is 48.1 Å². The molecule has 1 aliphatic rings. The minimum Gasteiger partial charge on any atom is -0.454 e. The molecule has 0 aliphatic carbocycles. The Morgan fingerprint density at radius 2 is 1.96 bits per heavy atom. The predicted molar refractivity (Wildman–Crippen MR) is 107 cm³/mol. The molecule has 7 heteroatoms. The fourth-order valence-corrected chi connectivity index (χ4v) is 3.76. The van der Waals surface area contributed by atoms with Crippen LogP contribution < -0.4 is 14.3 Å². The molecule has 1 aromatic heterocycles. The average Bonchev–Trinajstić information content (AvgIpc) is 3.27. The summed E-state index contributed by atoms with van der Waals surface area (Å²) in [7, 11) is 0. The van der Waals surface area contributed by atoms with Crippen molar-refractivity contribution in [3.05, 3.63) is 62.7 Å². The van der Waals surface area contributed by atoms with Crippen molar-refractivity contribution < 1.29 is 9.47 Å². The summed E-state index contributed by atoms with van der Waals surface area (Å²) in [6, 6.07) is 14.0. The highest BCUT2D eigenvalue weighted by Gasteiger charge is 2.13. The van der Waals surface area contributed by atoms with E-state index in [4.69, 9.17) is 9.47 Å². The smallest absolute Gasteiger partial charge is 0.231 e. The number of aromatic nitrogens is 1. The fourth-order valence-electron chi connectivity index (χ4n) is 2.59. The zero-order valence-electron chi connectivity index (χ0n) is 14.1. The van der Waals surface area contributed by atoms with Crippen LogP contribution in [0.1, 0.15) is 12.5 Å². The Labute approximate surface area is 163 Å². The van der Waals surface area contributed by atoms with Crippen molar-refractivity contribution in [2.75, 3.05) is 13.3 Å². The van der Waals surface area contributed by atoms with E-state index in [0.717, 1.165) is 37.6 Å². The number of fused-ring (bicyclic) bond motifs is 1. The number of halogens is 1. The van der Waals surface area contributed by atoms with Crippen molar-refractivity contribution in [3.63, 3.8) is 0 Å². The van der Waals surface area contributed by atoms with E-state index in [9.17, 15) is 0 Å². The first-order valence-electron chi connectivity index (χ1n) is 8.15. The molecule has 0 spiro atoms. The first-order chi connectivity index (χ1) is 12.7. The van der Waals surface area contributed by atoms with Crippen molar-refractivity contribution >= 4 is 33.5 Å². The van der Waals surface area contributed by atoms with Gasteiger partial charge in [0.2, 0.25) is 11.6 Å². The molecule has 0 saturated carbocycles. The minimum atomic E-state index is 0.266. The Hall–Kier alpha value is -2.38. The van der Waals surface area contributed by atoms with Crippen molar-refractivity contribution in [3.8, 4) is 22.8 Å². The van der Waals surface area contributed by atoms with Crippen LogP contribution in [0.3, 0.4) is 0 Å². The van der Waals surface area contributed by atoms with Gasteiger partial charge in [0, 0.05) is 22.0 Å². The van der Waals surface area contributed by atoms with Gasteiger partial charge in [-0.05, 0) is 42.8 Å². The molecule has 0 atom stereocenters. The average molecular weight is 430 g/mol. The summed E-state index contributed by atoms with van der Waals surface area (Å²) in [5.41, 5.74) is 3.04. The number of nitrogens with zero attached hydrogens (tertiary/aromatic N) is 3. The van der Waals surface area contributed by atoms with E-state index in [0.29, 0.717) is 6.54 Å². The van der Waals surface area contributed by atoms with Crippen LogP contribution in [0.15, 0.2) is 62.4 Å². The maximum Gasteiger partial charge on any atom is 0.231 e. The molecule has 132 valence electrons. The minimum absolute atomic E-state index is 0.266. The molecule has 4 rings (SSSR count). The molecule has 2 heterocycles. The first-order valence-corrected chi connectivity index (χ1v) is 9.83. The number of hydrogen-bond donors (Lipinski definition) is 0. The molecule has 1 aliphatic heterocycles. The fraction of sp³-hybridized carbons (Fsp3) is 0.158. The maximum absolute atomic E-state index is 5.43. The summed E-state index contributed by atoms with van der Waals surface area (Å²) in [6.45, 7) is 2.99. The van der Waals surface area contributed by atoms with Gasteiger partial charge in [-0.25, -0.2) is 4.68 Å². The van der Waals surface area contributed by atoms with Crippen molar-refractivity contribution in [1.82, 2.24) is 4.68 Å². The molecule has 0 bridgehead atoms. The molecule has 26 heavy (non-hydrogen) atoms. The third-order valence-electron chi connectivity index (χ3n) is 3.84. The second-order valence-corrected chi connectivity index (χ2v) is 7.31. The Kier molecular flexibility index (Phi) is 4.90. The molecule has 0 saturated heterocycles. The van der Waals surface area contributed by atoms with Crippen LogP contribution in [0, 0.1) is 0 Å². The zero-order chi connectivity index (χ0) is 17.9. The van der Waals surface area contributed by atoms with E-state index in [2.05, 4.69) is 43.5 Å². The number of benzene rings is 2. The second-order valence-electron chi connectivity index (χ2n) is 5.55. The van der Waals surface area contributed by atoms with Crippen molar-refractivity contribution in [1.29, 1.82) is 0 Å². The largest absolute Gasteiger partial charge is 0.454 e. The number of hydrogen-bond acceptors (Lipinski definition) is 5. The molecule has 0 fully saturated rings. The number of thiazole rings is 1. The highest BCUT2D eigenvalue weighted by Crippen LogP contribution is 2.32. The normalized spacial score (nSPS) is 13.7. The third kappa shape index (κ3) is 3.45. The van der Waals surface area contributed by atoms with Gasteiger partial charge in [-0.1, -0.05) is 28.1 Å². The Bertz CT molecular complexity index is 1020. The highest BCUT2D eigenvalue weighted by atomic mass is 79.9. The maximum atomic E-state index is 5.43.